The van der Waals surface area contributed by atoms with Crippen molar-refractivity contribution < 1.29 is 0 Å². The maximum atomic E-state index is 6.09. The molecule has 0 saturated carbocycles. The van der Waals surface area contributed by atoms with Crippen LogP contribution in [0.5, 0.6) is 0 Å². The molecule has 0 spiro atoms. The fraction of sp³-hybridized carbons (Fsp3) is 0.118. The van der Waals surface area contributed by atoms with E-state index >= 15 is 0 Å². The lowest BCUT2D eigenvalue weighted by atomic mass is 9.95. The Bertz CT molecular complexity index is 806. The topological polar surface area (TPSA) is 54.7 Å². The van der Waals surface area contributed by atoms with Crippen LogP contribution < -0.4 is 5.73 Å². The lowest BCUT2D eigenvalue weighted by Gasteiger charge is -2.10. The molecule has 3 aromatic rings. The third-order valence-corrected chi connectivity index (χ3v) is 3.90. The number of hydrogen-bond donors (Lipinski definition) is 2. The zero-order chi connectivity index (χ0) is 15.0. The molecule has 21 heavy (non-hydrogen) atoms. The molecule has 106 valence electrons. The molecule has 0 atom stereocenters. The van der Waals surface area contributed by atoms with Crippen molar-refractivity contribution >= 4 is 17.4 Å². The number of aromatic amines is 1. The highest BCUT2D eigenvalue weighted by atomic mass is 35.5. The quantitative estimate of drug-likeness (QED) is 0.726. The Hall–Kier alpha value is -2.26. The van der Waals surface area contributed by atoms with Crippen LogP contribution in [0.2, 0.25) is 5.02 Å². The maximum absolute atomic E-state index is 6.09. The molecule has 1 heterocycles. The van der Waals surface area contributed by atoms with Crippen molar-refractivity contribution in [3.63, 3.8) is 0 Å². The molecule has 0 aliphatic carbocycles. The van der Waals surface area contributed by atoms with Crippen molar-refractivity contribution in [2.75, 3.05) is 5.73 Å². The molecule has 2 aromatic carbocycles. The van der Waals surface area contributed by atoms with Crippen LogP contribution in [0.25, 0.3) is 22.4 Å². The molecule has 0 aliphatic rings. The van der Waals surface area contributed by atoms with Crippen LogP contribution in [0.15, 0.2) is 42.5 Å². The number of nitrogens with one attached hydrogen (secondary N) is 1. The highest BCUT2D eigenvalue weighted by molar-refractivity contribution is 6.30. The van der Waals surface area contributed by atoms with Crippen LogP contribution >= 0.6 is 11.6 Å². The van der Waals surface area contributed by atoms with Crippen LogP contribution in [0.3, 0.4) is 0 Å². The summed E-state index contributed by atoms with van der Waals surface area (Å²) < 4.78 is 0. The van der Waals surface area contributed by atoms with Gasteiger partial charge in [-0.3, -0.25) is 5.10 Å². The second kappa shape index (κ2) is 5.26. The Morgan fingerprint density at radius 1 is 1.00 bits per heavy atom. The summed E-state index contributed by atoms with van der Waals surface area (Å²) in [5, 5.41) is 7.98. The third-order valence-electron chi connectivity index (χ3n) is 3.67. The second-order valence-corrected chi connectivity index (χ2v) is 5.57. The maximum Gasteiger partial charge on any atom is 0.153 e. The van der Waals surface area contributed by atoms with Gasteiger partial charge >= 0.3 is 0 Å². The van der Waals surface area contributed by atoms with E-state index in [9.17, 15) is 0 Å². The van der Waals surface area contributed by atoms with Gasteiger partial charge in [-0.25, -0.2) is 0 Å². The minimum absolute atomic E-state index is 0.508. The first kappa shape index (κ1) is 13.7. The molecule has 0 saturated heterocycles. The summed E-state index contributed by atoms with van der Waals surface area (Å²) in [4.78, 5) is 0. The van der Waals surface area contributed by atoms with E-state index in [4.69, 9.17) is 17.3 Å². The number of halogens is 1. The van der Waals surface area contributed by atoms with Crippen LogP contribution in [0, 0.1) is 13.8 Å². The SMILES string of the molecule is Cc1cc(Cl)ccc1-c1[nH]nc(N)c1-c1ccccc1C. The van der Waals surface area contributed by atoms with Gasteiger partial charge in [0.2, 0.25) is 0 Å². The number of H-pyrrole nitrogens is 1. The lowest BCUT2D eigenvalue weighted by Crippen LogP contribution is -1.92. The van der Waals surface area contributed by atoms with E-state index < -0.39 is 0 Å². The number of aryl methyl sites for hydroxylation is 2. The van der Waals surface area contributed by atoms with E-state index in [2.05, 4.69) is 29.3 Å². The standard InChI is InChI=1S/C17H16ClN3/c1-10-5-3-4-6-13(10)15-16(20-21-17(15)19)14-8-7-12(18)9-11(14)2/h3-9H,1-2H3,(H3,19,20,21). The molecule has 0 radical (unpaired) electrons. The van der Waals surface area contributed by atoms with Gasteiger partial charge in [0.25, 0.3) is 0 Å². The molecule has 0 amide bonds. The fourth-order valence-corrected chi connectivity index (χ4v) is 2.81. The predicted molar refractivity (Wildman–Crippen MR) is 88.4 cm³/mol. The Kier molecular flexibility index (Phi) is 3.43. The normalized spacial score (nSPS) is 10.8. The smallest absolute Gasteiger partial charge is 0.153 e. The molecule has 0 bridgehead atoms. The van der Waals surface area contributed by atoms with Gasteiger partial charge in [0.15, 0.2) is 5.82 Å². The number of rotatable bonds is 2. The summed E-state index contributed by atoms with van der Waals surface area (Å²) in [7, 11) is 0. The van der Waals surface area contributed by atoms with Gasteiger partial charge in [0, 0.05) is 10.6 Å². The number of nitrogens with two attached hydrogens (primary N) is 1. The molecule has 0 unspecified atom stereocenters. The van der Waals surface area contributed by atoms with Gasteiger partial charge in [-0.2, -0.15) is 5.10 Å². The molecule has 3 nitrogen and oxygen atoms in total. The van der Waals surface area contributed by atoms with Gasteiger partial charge in [-0.15, -0.1) is 0 Å². The summed E-state index contributed by atoms with van der Waals surface area (Å²) in [6, 6.07) is 14.0. The molecule has 1 aromatic heterocycles. The van der Waals surface area contributed by atoms with E-state index in [1.807, 2.05) is 37.3 Å². The van der Waals surface area contributed by atoms with Gasteiger partial charge in [-0.1, -0.05) is 41.9 Å². The summed E-state index contributed by atoms with van der Waals surface area (Å²) >= 11 is 6.04. The fourth-order valence-electron chi connectivity index (χ4n) is 2.58. The first-order valence-electron chi connectivity index (χ1n) is 6.74. The van der Waals surface area contributed by atoms with Crippen molar-refractivity contribution in [1.29, 1.82) is 0 Å². The van der Waals surface area contributed by atoms with Crippen molar-refractivity contribution in [1.82, 2.24) is 10.2 Å². The molecule has 0 aliphatic heterocycles. The highest BCUT2D eigenvalue weighted by Gasteiger charge is 2.17. The first-order valence-corrected chi connectivity index (χ1v) is 7.12. The largest absolute Gasteiger partial charge is 0.382 e. The van der Waals surface area contributed by atoms with E-state index in [1.165, 1.54) is 5.56 Å². The molecule has 3 rings (SSSR count). The monoisotopic (exact) mass is 297 g/mol. The lowest BCUT2D eigenvalue weighted by molar-refractivity contribution is 1.10. The average molecular weight is 298 g/mol. The highest BCUT2D eigenvalue weighted by Crippen LogP contribution is 2.37. The third kappa shape index (κ3) is 2.41. The zero-order valence-electron chi connectivity index (χ0n) is 11.9. The van der Waals surface area contributed by atoms with E-state index in [0.29, 0.717) is 5.82 Å². The number of anilines is 1. The van der Waals surface area contributed by atoms with Gasteiger partial charge in [0.05, 0.1) is 11.3 Å². The van der Waals surface area contributed by atoms with Crippen LogP contribution in [0.4, 0.5) is 5.82 Å². The molecule has 0 fully saturated rings. The molecular weight excluding hydrogens is 282 g/mol. The van der Waals surface area contributed by atoms with Crippen molar-refractivity contribution in [2.45, 2.75) is 13.8 Å². The molecule has 3 N–H and O–H groups in total. The molecule has 4 heteroatoms. The summed E-state index contributed by atoms with van der Waals surface area (Å²) in [5.41, 5.74) is 12.4. The van der Waals surface area contributed by atoms with Gasteiger partial charge in [-0.05, 0) is 42.7 Å². The Balaban J connectivity index is 2.25. The van der Waals surface area contributed by atoms with Crippen molar-refractivity contribution in [3.8, 4) is 22.4 Å². The predicted octanol–water partition coefficient (Wildman–Crippen LogP) is 4.60. The van der Waals surface area contributed by atoms with Crippen LogP contribution in [-0.2, 0) is 0 Å². The first-order chi connectivity index (χ1) is 10.1. The van der Waals surface area contributed by atoms with E-state index in [-0.39, 0.29) is 0 Å². The summed E-state index contributed by atoms with van der Waals surface area (Å²) in [6.07, 6.45) is 0. The van der Waals surface area contributed by atoms with Crippen LogP contribution in [0.1, 0.15) is 11.1 Å². The minimum atomic E-state index is 0.508. The van der Waals surface area contributed by atoms with E-state index in [1.54, 1.807) is 0 Å². The number of benzene rings is 2. The Labute approximate surface area is 128 Å². The Morgan fingerprint density at radius 2 is 1.76 bits per heavy atom. The second-order valence-electron chi connectivity index (χ2n) is 5.13. The van der Waals surface area contributed by atoms with Crippen molar-refractivity contribution in [2.24, 2.45) is 0 Å². The van der Waals surface area contributed by atoms with E-state index in [0.717, 1.165) is 33.0 Å². The molecular formula is C17H16ClN3. The number of aromatic nitrogens is 2. The zero-order valence-corrected chi connectivity index (χ0v) is 12.7. The Morgan fingerprint density at radius 3 is 2.48 bits per heavy atom. The minimum Gasteiger partial charge on any atom is -0.382 e. The van der Waals surface area contributed by atoms with Crippen molar-refractivity contribution in [3.05, 3.63) is 58.6 Å². The number of nitrogen functional groups attached to an aromatic ring is 1. The number of nitrogens with zero attached hydrogens (tertiary/aromatic N) is 1. The van der Waals surface area contributed by atoms with Gasteiger partial charge < -0.3 is 5.73 Å². The van der Waals surface area contributed by atoms with Crippen LogP contribution in [-0.4, -0.2) is 10.2 Å². The number of hydrogen-bond acceptors (Lipinski definition) is 2. The van der Waals surface area contributed by atoms with Gasteiger partial charge in [0.1, 0.15) is 0 Å². The average Bonchev–Trinajstić information content (AvgIpc) is 2.81. The summed E-state index contributed by atoms with van der Waals surface area (Å²) in [5.74, 6) is 0.508. The summed E-state index contributed by atoms with van der Waals surface area (Å²) in [6.45, 7) is 4.10.